The Kier molecular flexibility index (Phi) is 4.37. The molecule has 0 aromatic heterocycles. The highest BCUT2D eigenvalue weighted by Gasteiger charge is 2.48. The van der Waals surface area contributed by atoms with Crippen molar-refractivity contribution in [3.63, 3.8) is 0 Å². The Bertz CT molecular complexity index is 487. The lowest BCUT2D eigenvalue weighted by Gasteiger charge is -2.31. The van der Waals surface area contributed by atoms with Crippen molar-refractivity contribution < 1.29 is 4.74 Å². The van der Waals surface area contributed by atoms with Crippen molar-refractivity contribution in [3.8, 4) is 0 Å². The van der Waals surface area contributed by atoms with Crippen molar-refractivity contribution in [2.45, 2.75) is 51.4 Å². The molecule has 1 aromatic rings. The third-order valence-corrected chi connectivity index (χ3v) is 5.37. The van der Waals surface area contributed by atoms with E-state index in [2.05, 4.69) is 84.4 Å². The van der Waals surface area contributed by atoms with Crippen molar-refractivity contribution in [3.05, 3.63) is 31.8 Å². The molecule has 0 saturated carbocycles. The molecule has 2 nitrogen and oxygen atoms in total. The van der Waals surface area contributed by atoms with Crippen LogP contribution in [0.5, 0.6) is 0 Å². The molecule has 19 heavy (non-hydrogen) atoms. The summed E-state index contributed by atoms with van der Waals surface area (Å²) in [6.45, 7) is 8.59. The van der Waals surface area contributed by atoms with Gasteiger partial charge in [-0.2, -0.15) is 0 Å². The van der Waals surface area contributed by atoms with Crippen LogP contribution in [0.3, 0.4) is 0 Å². The van der Waals surface area contributed by atoms with Crippen molar-refractivity contribution in [1.82, 2.24) is 0 Å². The Morgan fingerprint density at radius 1 is 1.37 bits per heavy atom. The van der Waals surface area contributed by atoms with E-state index < -0.39 is 0 Å². The molecule has 106 valence electrons. The molecule has 1 aliphatic heterocycles. The SMILES string of the molecule is CC1(C)CC(C(N)c2cc(Br)ccc2I)C(C)(C)O1. The van der Waals surface area contributed by atoms with Crippen LogP contribution in [0, 0.1) is 9.49 Å². The fourth-order valence-electron chi connectivity index (χ4n) is 3.15. The lowest BCUT2D eigenvalue weighted by Crippen LogP contribution is -2.36. The number of halogens is 2. The van der Waals surface area contributed by atoms with Crippen LogP contribution in [-0.4, -0.2) is 11.2 Å². The van der Waals surface area contributed by atoms with E-state index >= 15 is 0 Å². The highest BCUT2D eigenvalue weighted by Crippen LogP contribution is 2.47. The number of ether oxygens (including phenoxy) is 1. The molecule has 1 saturated heterocycles. The van der Waals surface area contributed by atoms with Gasteiger partial charge in [-0.15, -0.1) is 0 Å². The Morgan fingerprint density at radius 2 is 2.00 bits per heavy atom. The summed E-state index contributed by atoms with van der Waals surface area (Å²) < 4.78 is 8.46. The molecule has 1 heterocycles. The first-order valence-electron chi connectivity index (χ1n) is 6.53. The van der Waals surface area contributed by atoms with Crippen molar-refractivity contribution >= 4 is 38.5 Å². The van der Waals surface area contributed by atoms with Gasteiger partial charge in [-0.1, -0.05) is 15.9 Å². The molecule has 1 aromatic carbocycles. The summed E-state index contributed by atoms with van der Waals surface area (Å²) in [5.74, 6) is 0.324. The normalized spacial score (nSPS) is 26.4. The third-order valence-electron chi connectivity index (χ3n) is 3.89. The number of benzene rings is 1. The molecule has 0 aliphatic carbocycles. The van der Waals surface area contributed by atoms with Crippen LogP contribution in [0.4, 0.5) is 0 Å². The zero-order valence-electron chi connectivity index (χ0n) is 11.8. The zero-order chi connectivity index (χ0) is 14.4. The lowest BCUT2D eigenvalue weighted by atomic mass is 9.79. The Morgan fingerprint density at radius 3 is 2.53 bits per heavy atom. The summed E-state index contributed by atoms with van der Waals surface area (Å²) in [5.41, 5.74) is 7.48. The maximum absolute atomic E-state index is 6.56. The van der Waals surface area contributed by atoms with E-state index in [0.717, 1.165) is 10.9 Å². The smallest absolute Gasteiger partial charge is 0.0680 e. The quantitative estimate of drug-likeness (QED) is 0.683. The maximum atomic E-state index is 6.56. The fourth-order valence-corrected chi connectivity index (χ4v) is 4.22. The van der Waals surface area contributed by atoms with Crippen LogP contribution < -0.4 is 5.73 Å². The minimum absolute atomic E-state index is 0.00109. The van der Waals surface area contributed by atoms with Crippen LogP contribution >= 0.6 is 38.5 Å². The number of hydrogen-bond donors (Lipinski definition) is 1. The number of hydrogen-bond acceptors (Lipinski definition) is 2. The molecule has 1 fully saturated rings. The van der Waals surface area contributed by atoms with E-state index in [1.807, 2.05) is 0 Å². The largest absolute Gasteiger partial charge is 0.369 e. The second-order valence-electron chi connectivity index (χ2n) is 6.47. The van der Waals surface area contributed by atoms with Crippen LogP contribution in [0.1, 0.15) is 45.7 Å². The highest BCUT2D eigenvalue weighted by atomic mass is 127. The van der Waals surface area contributed by atoms with Crippen LogP contribution in [0.15, 0.2) is 22.7 Å². The fraction of sp³-hybridized carbons (Fsp3) is 0.600. The molecule has 0 spiro atoms. The summed E-state index contributed by atoms with van der Waals surface area (Å²) in [6.07, 6.45) is 0.990. The number of rotatable bonds is 2. The summed E-state index contributed by atoms with van der Waals surface area (Å²) in [7, 11) is 0. The second-order valence-corrected chi connectivity index (χ2v) is 8.55. The molecule has 1 aliphatic rings. The lowest BCUT2D eigenvalue weighted by molar-refractivity contribution is -0.0767. The van der Waals surface area contributed by atoms with E-state index in [1.165, 1.54) is 9.13 Å². The van der Waals surface area contributed by atoms with Gasteiger partial charge < -0.3 is 10.5 Å². The maximum Gasteiger partial charge on any atom is 0.0680 e. The summed E-state index contributed by atoms with van der Waals surface area (Å²) in [4.78, 5) is 0. The highest BCUT2D eigenvalue weighted by molar-refractivity contribution is 14.1. The average Bonchev–Trinajstić information content (AvgIpc) is 2.49. The first kappa shape index (κ1) is 15.7. The molecule has 2 atom stereocenters. The molecule has 0 amide bonds. The van der Waals surface area contributed by atoms with Gasteiger partial charge in [-0.3, -0.25) is 0 Å². The van der Waals surface area contributed by atoms with Gasteiger partial charge in [0.1, 0.15) is 0 Å². The molecule has 2 rings (SSSR count). The Labute approximate surface area is 137 Å². The first-order chi connectivity index (χ1) is 8.62. The van der Waals surface area contributed by atoms with E-state index in [9.17, 15) is 0 Å². The minimum Gasteiger partial charge on any atom is -0.369 e. The Hall–Kier alpha value is 0.350. The third kappa shape index (κ3) is 3.34. The molecule has 2 unspecified atom stereocenters. The number of nitrogens with two attached hydrogens (primary N) is 1. The van der Waals surface area contributed by atoms with E-state index in [0.29, 0.717) is 5.92 Å². The van der Waals surface area contributed by atoms with E-state index in [4.69, 9.17) is 10.5 Å². The molecule has 2 N–H and O–H groups in total. The van der Waals surface area contributed by atoms with Gasteiger partial charge in [0.2, 0.25) is 0 Å². The van der Waals surface area contributed by atoms with Gasteiger partial charge in [-0.05, 0) is 80.5 Å². The Balaban J connectivity index is 2.34. The first-order valence-corrected chi connectivity index (χ1v) is 8.40. The summed E-state index contributed by atoms with van der Waals surface area (Å²) in [5, 5.41) is 0. The monoisotopic (exact) mass is 437 g/mol. The van der Waals surface area contributed by atoms with Gasteiger partial charge in [0, 0.05) is 20.0 Å². The van der Waals surface area contributed by atoms with Gasteiger partial charge in [0.25, 0.3) is 0 Å². The van der Waals surface area contributed by atoms with Gasteiger partial charge in [0.05, 0.1) is 11.2 Å². The van der Waals surface area contributed by atoms with Gasteiger partial charge in [0.15, 0.2) is 0 Å². The predicted molar refractivity (Wildman–Crippen MR) is 91.1 cm³/mol. The minimum atomic E-state index is -0.186. The molecule has 4 heteroatoms. The van der Waals surface area contributed by atoms with Gasteiger partial charge >= 0.3 is 0 Å². The predicted octanol–water partition coefficient (Wildman–Crippen LogP) is 4.65. The molecule has 0 radical (unpaired) electrons. The molecular formula is C15H21BrINO. The van der Waals surface area contributed by atoms with E-state index in [-0.39, 0.29) is 17.2 Å². The van der Waals surface area contributed by atoms with Gasteiger partial charge in [-0.25, -0.2) is 0 Å². The van der Waals surface area contributed by atoms with Crippen molar-refractivity contribution in [1.29, 1.82) is 0 Å². The molecular weight excluding hydrogens is 417 g/mol. The summed E-state index contributed by atoms with van der Waals surface area (Å²) in [6, 6.07) is 6.29. The average molecular weight is 438 g/mol. The topological polar surface area (TPSA) is 35.2 Å². The van der Waals surface area contributed by atoms with Crippen LogP contribution in [0.25, 0.3) is 0 Å². The van der Waals surface area contributed by atoms with Crippen molar-refractivity contribution in [2.75, 3.05) is 0 Å². The van der Waals surface area contributed by atoms with E-state index in [1.54, 1.807) is 0 Å². The zero-order valence-corrected chi connectivity index (χ0v) is 15.6. The summed E-state index contributed by atoms with van der Waals surface area (Å²) >= 11 is 5.89. The van der Waals surface area contributed by atoms with Crippen LogP contribution in [-0.2, 0) is 4.74 Å². The molecule has 0 bridgehead atoms. The standard InChI is InChI=1S/C15H21BrINO/c1-14(2)8-11(15(3,4)19-14)13(18)10-7-9(16)5-6-12(10)17/h5-7,11,13H,8,18H2,1-4H3. The second kappa shape index (κ2) is 5.28. The van der Waals surface area contributed by atoms with Crippen LogP contribution in [0.2, 0.25) is 0 Å². The van der Waals surface area contributed by atoms with Crippen molar-refractivity contribution in [2.24, 2.45) is 11.7 Å².